The number of rotatable bonds is 4. The molecule has 20 heavy (non-hydrogen) atoms. The van der Waals surface area contributed by atoms with Crippen molar-refractivity contribution in [3.8, 4) is 5.69 Å². The van der Waals surface area contributed by atoms with Gasteiger partial charge in [-0.05, 0) is 34.5 Å². The lowest BCUT2D eigenvalue weighted by atomic mass is 10.2. The average molecular weight is 284 g/mol. The van der Waals surface area contributed by atoms with E-state index in [0.29, 0.717) is 5.92 Å². The molecule has 0 spiro atoms. The van der Waals surface area contributed by atoms with Gasteiger partial charge in [-0.15, -0.1) is 0 Å². The van der Waals surface area contributed by atoms with Crippen LogP contribution in [0.15, 0.2) is 41.4 Å². The van der Waals surface area contributed by atoms with Crippen LogP contribution in [-0.2, 0) is 6.42 Å². The second kappa shape index (κ2) is 5.54. The van der Waals surface area contributed by atoms with Crippen LogP contribution in [0.25, 0.3) is 5.69 Å². The topological polar surface area (TPSA) is 43.6 Å². The van der Waals surface area contributed by atoms with Gasteiger partial charge in [0.2, 0.25) is 0 Å². The monoisotopic (exact) mass is 284 g/mol. The van der Waals surface area contributed by atoms with Crippen molar-refractivity contribution in [3.05, 3.63) is 58.6 Å². The van der Waals surface area contributed by atoms with Crippen LogP contribution in [0, 0.1) is 0 Å². The Bertz CT molecular complexity index is 671. The molecule has 5 heteroatoms. The maximum Gasteiger partial charge on any atom is 0.153 e. The molecule has 3 heterocycles. The van der Waals surface area contributed by atoms with E-state index in [0.717, 1.165) is 23.8 Å². The van der Waals surface area contributed by atoms with Gasteiger partial charge in [0.25, 0.3) is 0 Å². The van der Waals surface area contributed by atoms with E-state index in [4.69, 9.17) is 0 Å². The summed E-state index contributed by atoms with van der Waals surface area (Å²) in [6.07, 6.45) is 4.37. The Labute approximate surface area is 122 Å². The number of aromatic nitrogens is 4. The largest absolute Gasteiger partial charge is 0.262 e. The molecule has 3 rings (SSSR count). The van der Waals surface area contributed by atoms with Gasteiger partial charge < -0.3 is 0 Å². The lowest BCUT2D eigenvalue weighted by Crippen LogP contribution is -2.04. The molecule has 0 fully saturated rings. The van der Waals surface area contributed by atoms with Crippen LogP contribution >= 0.6 is 11.3 Å². The third-order valence-electron chi connectivity index (χ3n) is 3.04. The van der Waals surface area contributed by atoms with E-state index >= 15 is 0 Å². The summed E-state index contributed by atoms with van der Waals surface area (Å²) in [5.74, 6) is 2.15. The maximum atomic E-state index is 4.69. The van der Waals surface area contributed by atoms with Crippen LogP contribution in [0.1, 0.15) is 37.0 Å². The highest BCUT2D eigenvalue weighted by molar-refractivity contribution is 7.07. The van der Waals surface area contributed by atoms with Gasteiger partial charge in [0, 0.05) is 18.5 Å². The van der Waals surface area contributed by atoms with Gasteiger partial charge in [0.05, 0.1) is 11.9 Å². The molecule has 0 aromatic carbocycles. The van der Waals surface area contributed by atoms with E-state index in [1.54, 1.807) is 17.5 Å². The zero-order chi connectivity index (χ0) is 13.9. The van der Waals surface area contributed by atoms with Gasteiger partial charge >= 0.3 is 0 Å². The lowest BCUT2D eigenvalue weighted by molar-refractivity contribution is 0.747. The highest BCUT2D eigenvalue weighted by Gasteiger charge is 2.14. The van der Waals surface area contributed by atoms with E-state index in [2.05, 4.69) is 45.7 Å². The van der Waals surface area contributed by atoms with E-state index in [1.165, 1.54) is 5.56 Å². The second-order valence-electron chi connectivity index (χ2n) is 4.97. The van der Waals surface area contributed by atoms with Gasteiger partial charge in [-0.25, -0.2) is 9.67 Å². The second-order valence-corrected chi connectivity index (χ2v) is 5.75. The minimum atomic E-state index is 0.314. The number of pyridine rings is 1. The molecule has 0 N–H and O–H groups in total. The summed E-state index contributed by atoms with van der Waals surface area (Å²) in [4.78, 5) is 8.86. The molecule has 3 aromatic rings. The van der Waals surface area contributed by atoms with E-state index < -0.39 is 0 Å². The molecule has 3 aromatic heterocycles. The summed E-state index contributed by atoms with van der Waals surface area (Å²) >= 11 is 1.70. The van der Waals surface area contributed by atoms with Gasteiger partial charge in [-0.3, -0.25) is 4.98 Å². The van der Waals surface area contributed by atoms with Gasteiger partial charge in [0.15, 0.2) is 5.82 Å². The summed E-state index contributed by atoms with van der Waals surface area (Å²) in [5.41, 5.74) is 2.22. The minimum Gasteiger partial charge on any atom is -0.262 e. The van der Waals surface area contributed by atoms with Crippen molar-refractivity contribution < 1.29 is 0 Å². The molecule has 0 aliphatic rings. The zero-order valence-electron chi connectivity index (χ0n) is 11.5. The third kappa shape index (κ3) is 2.63. The van der Waals surface area contributed by atoms with Gasteiger partial charge in [-0.1, -0.05) is 13.8 Å². The SMILES string of the molecule is CC(C)c1nc(Cc2ccsc2)n(-c2cccnc2)n1. The number of hydrogen-bond acceptors (Lipinski definition) is 4. The first kappa shape index (κ1) is 13.0. The molecule has 0 bridgehead atoms. The Hall–Kier alpha value is -2.01. The van der Waals surface area contributed by atoms with Crippen molar-refractivity contribution in [1.82, 2.24) is 19.7 Å². The van der Waals surface area contributed by atoms with Gasteiger partial charge in [-0.2, -0.15) is 16.4 Å². The molecule has 0 saturated carbocycles. The highest BCUT2D eigenvalue weighted by Crippen LogP contribution is 2.18. The fraction of sp³-hybridized carbons (Fsp3) is 0.267. The lowest BCUT2D eigenvalue weighted by Gasteiger charge is -2.04. The molecule has 0 amide bonds. The molecule has 0 atom stereocenters. The summed E-state index contributed by atoms with van der Waals surface area (Å²) in [6, 6.07) is 6.05. The van der Waals surface area contributed by atoms with Crippen molar-refractivity contribution in [2.24, 2.45) is 0 Å². The molecule has 0 saturated heterocycles. The quantitative estimate of drug-likeness (QED) is 0.737. The predicted molar refractivity (Wildman–Crippen MR) is 80.4 cm³/mol. The molecular formula is C15H16N4S. The standard InChI is InChI=1S/C15H16N4S/c1-11(2)15-17-14(8-12-5-7-20-10-12)19(18-15)13-4-3-6-16-9-13/h3-7,9-11H,8H2,1-2H3. The van der Waals surface area contributed by atoms with E-state index in [1.807, 2.05) is 23.0 Å². The minimum absolute atomic E-state index is 0.314. The van der Waals surface area contributed by atoms with Crippen molar-refractivity contribution in [2.75, 3.05) is 0 Å². The van der Waals surface area contributed by atoms with Gasteiger partial charge in [0.1, 0.15) is 5.82 Å². The fourth-order valence-corrected chi connectivity index (χ4v) is 2.65. The van der Waals surface area contributed by atoms with E-state index in [-0.39, 0.29) is 0 Å². The molecular weight excluding hydrogens is 268 g/mol. The van der Waals surface area contributed by atoms with Crippen LogP contribution < -0.4 is 0 Å². The maximum absolute atomic E-state index is 4.69. The van der Waals surface area contributed by atoms with Crippen LogP contribution in [0.2, 0.25) is 0 Å². The Morgan fingerprint density at radius 2 is 2.20 bits per heavy atom. The van der Waals surface area contributed by atoms with Crippen molar-refractivity contribution in [2.45, 2.75) is 26.2 Å². The number of thiophene rings is 1. The Balaban J connectivity index is 2.03. The predicted octanol–water partition coefficient (Wildman–Crippen LogP) is 3.44. The van der Waals surface area contributed by atoms with Crippen LogP contribution in [0.4, 0.5) is 0 Å². The Morgan fingerprint density at radius 3 is 2.85 bits per heavy atom. The first-order valence-corrected chi connectivity index (χ1v) is 7.55. The summed E-state index contributed by atoms with van der Waals surface area (Å²) in [5, 5.41) is 8.87. The molecule has 102 valence electrons. The first-order chi connectivity index (χ1) is 9.74. The molecule has 0 aliphatic heterocycles. The zero-order valence-corrected chi connectivity index (χ0v) is 12.3. The summed E-state index contributed by atoms with van der Waals surface area (Å²) < 4.78 is 1.90. The molecule has 0 aliphatic carbocycles. The molecule has 0 radical (unpaired) electrons. The first-order valence-electron chi connectivity index (χ1n) is 6.61. The van der Waals surface area contributed by atoms with Crippen molar-refractivity contribution in [1.29, 1.82) is 0 Å². The molecule has 0 unspecified atom stereocenters. The smallest absolute Gasteiger partial charge is 0.153 e. The summed E-state index contributed by atoms with van der Waals surface area (Å²) in [6.45, 7) is 4.22. The van der Waals surface area contributed by atoms with Crippen molar-refractivity contribution >= 4 is 11.3 Å². The Morgan fingerprint density at radius 1 is 1.30 bits per heavy atom. The highest BCUT2D eigenvalue weighted by atomic mass is 32.1. The summed E-state index contributed by atoms with van der Waals surface area (Å²) in [7, 11) is 0. The number of nitrogens with zero attached hydrogens (tertiary/aromatic N) is 4. The van der Waals surface area contributed by atoms with Crippen LogP contribution in [0.3, 0.4) is 0 Å². The van der Waals surface area contributed by atoms with Crippen LogP contribution in [0.5, 0.6) is 0 Å². The average Bonchev–Trinajstić information content (AvgIpc) is 3.10. The molecule has 4 nitrogen and oxygen atoms in total. The normalized spacial score (nSPS) is 11.2. The van der Waals surface area contributed by atoms with Crippen LogP contribution in [-0.4, -0.2) is 19.7 Å². The Kier molecular flexibility index (Phi) is 3.60. The van der Waals surface area contributed by atoms with E-state index in [9.17, 15) is 0 Å². The third-order valence-corrected chi connectivity index (χ3v) is 3.77. The van der Waals surface area contributed by atoms with Crippen molar-refractivity contribution in [3.63, 3.8) is 0 Å². The fourth-order valence-electron chi connectivity index (χ4n) is 1.98. The number of hydrogen-bond donors (Lipinski definition) is 0.